The molecule has 1 amide bonds. The molecule has 4 nitrogen and oxygen atoms in total. The second kappa shape index (κ2) is 5.64. The fourth-order valence-corrected chi connectivity index (χ4v) is 3.53. The summed E-state index contributed by atoms with van der Waals surface area (Å²) in [7, 11) is 0. The summed E-state index contributed by atoms with van der Waals surface area (Å²) in [6.45, 7) is 16.7. The third-order valence-corrected chi connectivity index (χ3v) is 5.24. The maximum absolute atomic E-state index is 13.0. The molecule has 2 heterocycles. The lowest BCUT2D eigenvalue weighted by molar-refractivity contribution is -0.146. The van der Waals surface area contributed by atoms with Crippen LogP contribution < -0.4 is 5.32 Å². The van der Waals surface area contributed by atoms with Crippen LogP contribution in [0.1, 0.15) is 41.0 Å². The van der Waals surface area contributed by atoms with Crippen LogP contribution in [0.5, 0.6) is 0 Å². The second-order valence-corrected chi connectivity index (χ2v) is 7.69. The summed E-state index contributed by atoms with van der Waals surface area (Å²) >= 11 is 0. The Hall–Kier alpha value is -0.610. The smallest absolute Gasteiger partial charge is 0.230 e. The maximum atomic E-state index is 13.0. The van der Waals surface area contributed by atoms with Crippen LogP contribution in [0.2, 0.25) is 0 Å². The van der Waals surface area contributed by atoms with Crippen LogP contribution in [-0.4, -0.2) is 60.5 Å². The van der Waals surface area contributed by atoms with Crippen LogP contribution in [0.15, 0.2) is 0 Å². The predicted molar refractivity (Wildman–Crippen MR) is 82.7 cm³/mol. The summed E-state index contributed by atoms with van der Waals surface area (Å²) in [4.78, 5) is 17.6. The molecule has 0 bridgehead atoms. The zero-order valence-electron chi connectivity index (χ0n) is 13.8. The molecule has 0 aliphatic carbocycles. The van der Waals surface area contributed by atoms with Crippen molar-refractivity contribution in [2.45, 2.75) is 46.6 Å². The van der Waals surface area contributed by atoms with Gasteiger partial charge in [0.1, 0.15) is 0 Å². The Morgan fingerprint density at radius 3 is 2.15 bits per heavy atom. The van der Waals surface area contributed by atoms with E-state index in [4.69, 9.17) is 0 Å². The van der Waals surface area contributed by atoms with Gasteiger partial charge in [-0.3, -0.25) is 9.69 Å². The molecule has 0 spiro atoms. The van der Waals surface area contributed by atoms with Gasteiger partial charge < -0.3 is 10.2 Å². The average Bonchev–Trinajstić information content (AvgIpc) is 2.87. The van der Waals surface area contributed by atoms with E-state index in [9.17, 15) is 4.79 Å². The van der Waals surface area contributed by atoms with Crippen LogP contribution in [0.3, 0.4) is 0 Å². The normalized spacial score (nSPS) is 29.2. The molecule has 2 saturated heterocycles. The molecule has 1 atom stereocenters. The molecule has 1 N–H and O–H groups in total. The van der Waals surface area contributed by atoms with E-state index in [0.29, 0.717) is 11.8 Å². The Morgan fingerprint density at radius 2 is 1.75 bits per heavy atom. The van der Waals surface area contributed by atoms with E-state index >= 15 is 0 Å². The number of nitrogens with zero attached hydrogens (tertiary/aromatic N) is 2. The molecule has 0 aromatic carbocycles. The summed E-state index contributed by atoms with van der Waals surface area (Å²) in [5, 5.41) is 3.39. The average molecular weight is 281 g/mol. The molecular formula is C16H31N3O. The zero-order valence-corrected chi connectivity index (χ0v) is 13.8. The van der Waals surface area contributed by atoms with Crippen molar-refractivity contribution in [3.05, 3.63) is 0 Å². The van der Waals surface area contributed by atoms with Gasteiger partial charge in [0.2, 0.25) is 5.91 Å². The lowest BCUT2D eigenvalue weighted by atomic mass is 9.75. The molecule has 0 saturated carbocycles. The first-order valence-corrected chi connectivity index (χ1v) is 8.02. The predicted octanol–water partition coefficient (Wildman–Crippen LogP) is 1.56. The van der Waals surface area contributed by atoms with Crippen molar-refractivity contribution >= 4 is 5.91 Å². The van der Waals surface area contributed by atoms with E-state index in [0.717, 1.165) is 45.7 Å². The van der Waals surface area contributed by atoms with E-state index in [1.807, 2.05) is 0 Å². The molecule has 20 heavy (non-hydrogen) atoms. The van der Waals surface area contributed by atoms with Crippen LogP contribution in [0.25, 0.3) is 0 Å². The van der Waals surface area contributed by atoms with Crippen molar-refractivity contribution in [3.8, 4) is 0 Å². The molecule has 2 rings (SSSR count). The number of hydrogen-bond donors (Lipinski definition) is 1. The quantitative estimate of drug-likeness (QED) is 0.834. The van der Waals surface area contributed by atoms with Gasteiger partial charge in [0.15, 0.2) is 0 Å². The topological polar surface area (TPSA) is 35.6 Å². The van der Waals surface area contributed by atoms with E-state index in [2.05, 4.69) is 49.7 Å². The Balaban J connectivity index is 2.01. The Labute approximate surface area is 123 Å². The summed E-state index contributed by atoms with van der Waals surface area (Å²) < 4.78 is 0. The molecule has 0 aromatic rings. The fourth-order valence-electron chi connectivity index (χ4n) is 3.53. The van der Waals surface area contributed by atoms with Crippen molar-refractivity contribution in [1.29, 1.82) is 0 Å². The van der Waals surface area contributed by atoms with Gasteiger partial charge in [-0.15, -0.1) is 0 Å². The summed E-state index contributed by atoms with van der Waals surface area (Å²) in [5.74, 6) is 0.789. The van der Waals surface area contributed by atoms with Crippen LogP contribution in [-0.2, 0) is 4.79 Å². The lowest BCUT2D eigenvalue weighted by Crippen LogP contribution is -2.58. The second-order valence-electron chi connectivity index (χ2n) is 7.69. The minimum atomic E-state index is -0.163. The highest BCUT2D eigenvalue weighted by atomic mass is 16.2. The van der Waals surface area contributed by atoms with E-state index in [1.54, 1.807) is 0 Å². The van der Waals surface area contributed by atoms with E-state index < -0.39 is 0 Å². The molecule has 2 aliphatic heterocycles. The van der Waals surface area contributed by atoms with Gasteiger partial charge >= 0.3 is 0 Å². The third-order valence-electron chi connectivity index (χ3n) is 5.24. The van der Waals surface area contributed by atoms with Crippen molar-refractivity contribution in [1.82, 2.24) is 15.1 Å². The van der Waals surface area contributed by atoms with Gasteiger partial charge in [-0.25, -0.2) is 0 Å². The van der Waals surface area contributed by atoms with Crippen LogP contribution in [0.4, 0.5) is 0 Å². The molecule has 116 valence electrons. The minimum Gasteiger partial charge on any atom is -0.340 e. The first-order chi connectivity index (χ1) is 9.27. The number of nitrogens with one attached hydrogen (secondary N) is 1. The number of carbonyl (C=O) groups excluding carboxylic acids is 1. The van der Waals surface area contributed by atoms with Crippen molar-refractivity contribution < 1.29 is 4.79 Å². The van der Waals surface area contributed by atoms with E-state index in [-0.39, 0.29) is 11.0 Å². The zero-order chi connectivity index (χ0) is 15.0. The van der Waals surface area contributed by atoms with Gasteiger partial charge in [-0.1, -0.05) is 13.8 Å². The van der Waals surface area contributed by atoms with Gasteiger partial charge in [-0.2, -0.15) is 0 Å². The van der Waals surface area contributed by atoms with Gasteiger partial charge in [0, 0.05) is 38.3 Å². The monoisotopic (exact) mass is 281 g/mol. The first kappa shape index (κ1) is 15.8. The first-order valence-electron chi connectivity index (χ1n) is 8.02. The van der Waals surface area contributed by atoms with E-state index in [1.165, 1.54) is 0 Å². The highest BCUT2D eigenvalue weighted by Gasteiger charge is 2.46. The molecule has 0 radical (unpaired) electrons. The van der Waals surface area contributed by atoms with Gasteiger partial charge in [0.05, 0.1) is 5.41 Å². The Morgan fingerprint density at radius 1 is 1.15 bits per heavy atom. The molecule has 2 aliphatic rings. The summed E-state index contributed by atoms with van der Waals surface area (Å²) in [6.07, 6.45) is 0.989. The van der Waals surface area contributed by atoms with Crippen molar-refractivity contribution in [3.63, 3.8) is 0 Å². The lowest BCUT2D eigenvalue weighted by Gasteiger charge is -2.45. The largest absolute Gasteiger partial charge is 0.340 e. The highest BCUT2D eigenvalue weighted by molar-refractivity contribution is 5.84. The number of piperazine rings is 1. The van der Waals surface area contributed by atoms with Gasteiger partial charge in [0.25, 0.3) is 0 Å². The van der Waals surface area contributed by atoms with Crippen molar-refractivity contribution in [2.24, 2.45) is 11.3 Å². The van der Waals surface area contributed by atoms with Crippen LogP contribution >= 0.6 is 0 Å². The minimum absolute atomic E-state index is 0.163. The molecule has 1 unspecified atom stereocenters. The number of carbonyl (C=O) groups is 1. The standard InChI is InChI=1S/C16H31N3O/c1-13(2)16(6-7-17-12-16)14(20)18-8-10-19(11-9-18)15(3,4)5/h13,17H,6-12H2,1-5H3. The summed E-state index contributed by atoms with van der Waals surface area (Å²) in [6, 6.07) is 0. The number of rotatable bonds is 2. The van der Waals surface area contributed by atoms with Crippen LogP contribution in [0, 0.1) is 11.3 Å². The molecular weight excluding hydrogens is 250 g/mol. The number of hydrogen-bond acceptors (Lipinski definition) is 3. The van der Waals surface area contributed by atoms with Crippen molar-refractivity contribution in [2.75, 3.05) is 39.3 Å². The number of amides is 1. The third kappa shape index (κ3) is 2.86. The maximum Gasteiger partial charge on any atom is 0.230 e. The Kier molecular flexibility index (Phi) is 4.45. The highest BCUT2D eigenvalue weighted by Crippen LogP contribution is 2.36. The molecule has 2 fully saturated rings. The molecule has 0 aromatic heterocycles. The Bertz CT molecular complexity index is 345. The fraction of sp³-hybridized carbons (Fsp3) is 0.938. The SMILES string of the molecule is CC(C)C1(C(=O)N2CCN(C(C)(C)C)CC2)CCNC1. The molecule has 4 heteroatoms. The van der Waals surface area contributed by atoms with Gasteiger partial charge in [-0.05, 0) is 39.7 Å². The summed E-state index contributed by atoms with van der Waals surface area (Å²) in [5.41, 5.74) is 0.0453.